The van der Waals surface area contributed by atoms with E-state index >= 15 is 0 Å². The highest BCUT2D eigenvalue weighted by Gasteiger charge is 2.29. The van der Waals surface area contributed by atoms with Crippen LogP contribution in [0.15, 0.2) is 84.9 Å². The Morgan fingerprint density at radius 3 is 1.45 bits per heavy atom. The Labute approximate surface area is 304 Å². The first-order valence-corrected chi connectivity index (χ1v) is 16.5. The third-order valence-corrected chi connectivity index (χ3v) is 7.87. The molecule has 0 saturated carbocycles. The van der Waals surface area contributed by atoms with Gasteiger partial charge in [0.05, 0.1) is 42.4 Å². The van der Waals surface area contributed by atoms with Crippen molar-refractivity contribution in [3.8, 4) is 23.3 Å². The van der Waals surface area contributed by atoms with Gasteiger partial charge in [0, 0.05) is 35.8 Å². The van der Waals surface area contributed by atoms with Crippen molar-refractivity contribution in [2.24, 2.45) is 0 Å². The molecule has 15 heteroatoms. The zero-order chi connectivity index (χ0) is 37.6. The summed E-state index contributed by atoms with van der Waals surface area (Å²) in [4.78, 5) is 61.3. The molecule has 53 heavy (non-hydrogen) atoms. The molecule has 0 unspecified atom stereocenters. The predicted molar refractivity (Wildman–Crippen MR) is 195 cm³/mol. The molecule has 0 aromatic heterocycles. The molecular weight excluding hydrogens is 680 g/mol. The Morgan fingerprint density at radius 2 is 1.04 bits per heavy atom. The van der Waals surface area contributed by atoms with Gasteiger partial charge in [0.15, 0.2) is 0 Å². The molecule has 0 spiro atoms. The van der Waals surface area contributed by atoms with Crippen LogP contribution in [0.3, 0.4) is 0 Å². The number of nitriles is 2. The van der Waals surface area contributed by atoms with Gasteiger partial charge in [0.25, 0.3) is 0 Å². The molecule has 15 nitrogen and oxygen atoms in total. The molecule has 0 heterocycles. The predicted octanol–water partition coefficient (Wildman–Crippen LogP) is 6.26. The van der Waals surface area contributed by atoms with Crippen LogP contribution < -0.4 is 31.9 Å². The van der Waals surface area contributed by atoms with Crippen molar-refractivity contribution in [1.82, 2.24) is 10.6 Å². The Morgan fingerprint density at radius 1 is 0.604 bits per heavy atom. The van der Waals surface area contributed by atoms with E-state index in [9.17, 15) is 24.0 Å². The maximum atomic E-state index is 12.5. The van der Waals surface area contributed by atoms with Crippen LogP contribution in [0.1, 0.15) is 41.0 Å². The lowest BCUT2D eigenvalue weighted by Crippen LogP contribution is -2.30. The molecule has 1 aliphatic rings. The molecule has 0 bridgehead atoms. The van der Waals surface area contributed by atoms with Crippen LogP contribution in [0, 0.1) is 22.7 Å². The molecule has 5 rings (SSSR count). The minimum absolute atomic E-state index is 0.0537. The summed E-state index contributed by atoms with van der Waals surface area (Å²) in [5.74, 6) is -0.619. The molecule has 0 aliphatic heterocycles. The van der Waals surface area contributed by atoms with Crippen molar-refractivity contribution >= 4 is 53.3 Å². The summed E-state index contributed by atoms with van der Waals surface area (Å²) >= 11 is 0. The zero-order valence-corrected chi connectivity index (χ0v) is 28.2. The van der Waals surface area contributed by atoms with Crippen molar-refractivity contribution in [2.45, 2.75) is 18.8 Å². The summed E-state index contributed by atoms with van der Waals surface area (Å²) in [5, 5.41) is 33.9. The summed E-state index contributed by atoms with van der Waals surface area (Å²) in [5.41, 5.74) is 5.69. The highest BCUT2D eigenvalue weighted by Crippen LogP contribution is 2.45. The number of hydrogen-bond acceptors (Lipinski definition) is 9. The first-order chi connectivity index (χ1) is 25.8. The second kappa shape index (κ2) is 18.0. The summed E-state index contributed by atoms with van der Waals surface area (Å²) in [6.07, 6.45) is 0.167. The van der Waals surface area contributed by atoms with Crippen LogP contribution in [0.2, 0.25) is 0 Å². The summed E-state index contributed by atoms with van der Waals surface area (Å²) in [6, 6.07) is 26.4. The molecule has 268 valence electrons. The van der Waals surface area contributed by atoms with E-state index in [-0.39, 0.29) is 26.3 Å². The number of carbonyl (C=O) groups excluding carboxylic acids is 5. The molecule has 4 aromatic rings. The van der Waals surface area contributed by atoms with Gasteiger partial charge in [-0.3, -0.25) is 10.6 Å². The van der Waals surface area contributed by atoms with Gasteiger partial charge in [-0.1, -0.05) is 24.3 Å². The van der Waals surface area contributed by atoms with Crippen molar-refractivity contribution in [3.63, 3.8) is 0 Å². The third-order valence-electron chi connectivity index (χ3n) is 7.87. The summed E-state index contributed by atoms with van der Waals surface area (Å²) < 4.78 is 10.2. The fourth-order valence-electron chi connectivity index (χ4n) is 5.47. The zero-order valence-electron chi connectivity index (χ0n) is 28.2. The molecule has 1 aliphatic carbocycles. The van der Waals surface area contributed by atoms with Gasteiger partial charge in [0.1, 0.15) is 6.29 Å². The van der Waals surface area contributed by atoms with Gasteiger partial charge >= 0.3 is 24.2 Å². The van der Waals surface area contributed by atoms with E-state index in [0.29, 0.717) is 57.8 Å². The Kier molecular flexibility index (Phi) is 12.5. The van der Waals surface area contributed by atoms with Gasteiger partial charge < -0.3 is 35.5 Å². The van der Waals surface area contributed by atoms with Gasteiger partial charge in [-0.2, -0.15) is 10.5 Å². The molecule has 0 atom stereocenters. The lowest BCUT2D eigenvalue weighted by molar-refractivity contribution is -0.108. The number of fused-ring (bicyclic) bond motifs is 3. The maximum Gasteiger partial charge on any atom is 0.411 e. The van der Waals surface area contributed by atoms with E-state index in [4.69, 9.17) is 20.0 Å². The number of urea groups is 2. The number of carbonyl (C=O) groups is 5. The Balaban J connectivity index is 1.03. The summed E-state index contributed by atoms with van der Waals surface area (Å²) in [7, 11) is 0. The lowest BCUT2D eigenvalue weighted by atomic mass is 9.98. The topological polar surface area (TPSA) is 224 Å². The molecule has 0 fully saturated rings. The van der Waals surface area contributed by atoms with Crippen LogP contribution in [0.5, 0.6) is 0 Å². The molecular formula is C38H34N8O7. The van der Waals surface area contributed by atoms with E-state index < -0.39 is 30.2 Å². The van der Waals surface area contributed by atoms with Crippen LogP contribution in [-0.4, -0.2) is 56.8 Å². The van der Waals surface area contributed by atoms with Crippen molar-refractivity contribution in [2.75, 3.05) is 47.6 Å². The Bertz CT molecular complexity index is 1960. The van der Waals surface area contributed by atoms with E-state index in [0.717, 1.165) is 17.4 Å². The van der Waals surface area contributed by atoms with Crippen LogP contribution in [-0.2, 0) is 14.3 Å². The minimum Gasteiger partial charge on any atom is -0.449 e. The quantitative estimate of drug-likeness (QED) is 0.0678. The number of hydrogen-bond donors (Lipinski definition) is 6. The second-order valence-corrected chi connectivity index (χ2v) is 11.6. The third kappa shape index (κ3) is 10.3. The van der Waals surface area contributed by atoms with Crippen molar-refractivity contribution < 1.29 is 33.4 Å². The molecule has 0 radical (unpaired) electrons. The van der Waals surface area contributed by atoms with Crippen molar-refractivity contribution in [3.05, 3.63) is 107 Å². The average molecular weight is 715 g/mol. The van der Waals surface area contributed by atoms with E-state index in [1.165, 1.54) is 12.1 Å². The number of nitrogens with zero attached hydrogens (tertiary/aromatic N) is 2. The largest absolute Gasteiger partial charge is 0.449 e. The molecule has 6 N–H and O–H groups in total. The second-order valence-electron chi connectivity index (χ2n) is 11.6. The number of aldehydes is 1. The van der Waals surface area contributed by atoms with Crippen LogP contribution in [0.4, 0.5) is 41.9 Å². The number of benzene rings is 4. The lowest BCUT2D eigenvalue weighted by Gasteiger charge is -2.11. The number of nitrogens with one attached hydrogen (secondary N) is 6. The normalized spacial score (nSPS) is 11.0. The number of rotatable bonds is 13. The fourth-order valence-corrected chi connectivity index (χ4v) is 5.47. The highest BCUT2D eigenvalue weighted by molar-refractivity contribution is 5.95. The number of amides is 6. The maximum absolute atomic E-state index is 12.5. The first-order valence-electron chi connectivity index (χ1n) is 16.5. The van der Waals surface area contributed by atoms with Crippen molar-refractivity contribution in [1.29, 1.82) is 10.5 Å². The molecule has 0 saturated heterocycles. The standard InChI is InChI=1S/C38H34N8O7/c39-21-24-5-1-7-26(17-24)45-37(50)52-15-3-13-41-35(48)43-28-9-11-30-31-12-10-29(20-33(31)34(23-47)32(30)19-28)44-36(49)42-14-4-16-53-38(51)46-27-8-2-6-25(18-27)22-40/h1-2,5-12,17-20,23,34H,3-4,13-16H2,(H,45,50)(H,46,51)(H2,41,43,48)(H2,42,44,49). The van der Waals surface area contributed by atoms with Crippen LogP contribution >= 0.6 is 0 Å². The smallest absolute Gasteiger partial charge is 0.411 e. The van der Waals surface area contributed by atoms with E-state index in [2.05, 4.69) is 31.9 Å². The SMILES string of the molecule is N#Cc1cccc(NC(=O)OCCCNC(=O)Nc2ccc3c(c2)C(C=O)c2cc(NC(=O)NCCCOC(=O)Nc4cccc(C#N)c4)ccc2-3)c1. The van der Waals surface area contributed by atoms with Gasteiger partial charge in [-0.25, -0.2) is 19.2 Å². The van der Waals surface area contributed by atoms with E-state index in [1.807, 2.05) is 24.3 Å². The number of anilines is 4. The fraction of sp³-hybridized carbons (Fsp3) is 0.184. The highest BCUT2D eigenvalue weighted by atomic mass is 16.6. The van der Waals surface area contributed by atoms with E-state index in [1.54, 1.807) is 60.7 Å². The van der Waals surface area contributed by atoms with Gasteiger partial charge in [0.2, 0.25) is 0 Å². The first kappa shape index (κ1) is 36.9. The molecule has 6 amide bonds. The monoisotopic (exact) mass is 714 g/mol. The molecule has 4 aromatic carbocycles. The van der Waals surface area contributed by atoms with Gasteiger partial charge in [-0.15, -0.1) is 0 Å². The Hall–Kier alpha value is -7.39. The number of ether oxygens (including phenoxy) is 2. The average Bonchev–Trinajstić information content (AvgIpc) is 3.46. The van der Waals surface area contributed by atoms with Gasteiger partial charge in [-0.05, 0) is 95.8 Å². The summed E-state index contributed by atoms with van der Waals surface area (Å²) in [6.45, 7) is 0.562. The van der Waals surface area contributed by atoms with Crippen LogP contribution in [0.25, 0.3) is 11.1 Å². The minimum atomic E-state index is -0.678.